The average molecular weight is 1350 g/mol. The van der Waals surface area contributed by atoms with E-state index >= 15 is 0 Å². The van der Waals surface area contributed by atoms with E-state index in [2.05, 4.69) is 34.6 Å². The van der Waals surface area contributed by atoms with Gasteiger partial charge in [-0.1, -0.05) is 330 Å². The molecule has 19 heteroatoms. The summed E-state index contributed by atoms with van der Waals surface area (Å²) in [5.74, 6) is -1.44. The summed E-state index contributed by atoms with van der Waals surface area (Å²) in [4.78, 5) is 72.6. The Labute approximate surface area is 562 Å². The molecule has 0 rings (SSSR count). The molecule has 546 valence electrons. The fourth-order valence-corrected chi connectivity index (χ4v) is 12.8. The van der Waals surface area contributed by atoms with Crippen molar-refractivity contribution in [3.63, 3.8) is 0 Å². The van der Waals surface area contributed by atoms with Gasteiger partial charge in [0.25, 0.3) is 0 Å². The topological polar surface area (TPSA) is 237 Å². The minimum atomic E-state index is -4.95. The standard InChI is InChI=1S/C73H142O17P2/c1-6-9-12-15-18-21-24-26-27-28-29-30-31-32-33-36-39-42-49-54-59-73(78)89-68(62-83-70(75)56-51-46-40-37-35-25-22-19-16-13-10-7-2)64-87-91(79,80)85-60-67(74)61-86-92(81,82)88-65-69(63-84-71(76)57-52-47-44-43-45-50-55-66(4)5)90-72(77)58-53-48-41-38-34-23-20-17-14-11-8-3/h66-69,74H,6-65H2,1-5H3,(H,79,80)(H,81,82)/t67-,68-,69-/m1/s1. The van der Waals surface area contributed by atoms with Gasteiger partial charge >= 0.3 is 39.5 Å². The Balaban J connectivity index is 5.18. The number of aliphatic hydroxyl groups is 1. The van der Waals surface area contributed by atoms with Gasteiger partial charge in [0.2, 0.25) is 0 Å². The average Bonchev–Trinajstić information content (AvgIpc) is 2.09. The summed E-state index contributed by atoms with van der Waals surface area (Å²) >= 11 is 0. The van der Waals surface area contributed by atoms with E-state index in [0.29, 0.717) is 31.6 Å². The number of phosphoric acid groups is 2. The molecule has 0 heterocycles. The summed E-state index contributed by atoms with van der Waals surface area (Å²) in [6.07, 6.45) is 54.3. The molecular formula is C73H142O17P2. The van der Waals surface area contributed by atoms with E-state index in [1.165, 1.54) is 199 Å². The summed E-state index contributed by atoms with van der Waals surface area (Å²) in [5.41, 5.74) is 0. The third-order valence-corrected chi connectivity index (χ3v) is 18.9. The van der Waals surface area contributed by atoms with Crippen LogP contribution in [-0.2, 0) is 65.4 Å². The molecule has 0 amide bonds. The van der Waals surface area contributed by atoms with Crippen molar-refractivity contribution in [3.05, 3.63) is 0 Å². The lowest BCUT2D eigenvalue weighted by molar-refractivity contribution is -0.161. The van der Waals surface area contributed by atoms with Crippen LogP contribution in [0.1, 0.15) is 381 Å². The smallest absolute Gasteiger partial charge is 0.462 e. The molecule has 0 aromatic rings. The highest BCUT2D eigenvalue weighted by Gasteiger charge is 2.30. The first-order valence-electron chi connectivity index (χ1n) is 38.1. The number of aliphatic hydroxyl groups excluding tert-OH is 1. The second-order valence-electron chi connectivity index (χ2n) is 26.8. The third-order valence-electron chi connectivity index (χ3n) is 17.0. The van der Waals surface area contributed by atoms with Gasteiger partial charge in [-0.25, -0.2) is 9.13 Å². The molecule has 5 atom stereocenters. The third kappa shape index (κ3) is 66.7. The Morgan fingerprint density at radius 1 is 0.293 bits per heavy atom. The quantitative estimate of drug-likeness (QED) is 0.0222. The van der Waals surface area contributed by atoms with Gasteiger partial charge in [0.05, 0.1) is 26.4 Å². The Morgan fingerprint density at radius 3 is 0.739 bits per heavy atom. The molecular weight excluding hydrogens is 1210 g/mol. The number of hydrogen-bond acceptors (Lipinski definition) is 15. The second-order valence-corrected chi connectivity index (χ2v) is 29.7. The maximum Gasteiger partial charge on any atom is 0.472 e. The van der Waals surface area contributed by atoms with Crippen molar-refractivity contribution in [2.24, 2.45) is 5.92 Å². The minimum Gasteiger partial charge on any atom is -0.462 e. The Kier molecular flexibility index (Phi) is 64.9. The molecule has 0 spiro atoms. The Bertz CT molecular complexity index is 1770. The lowest BCUT2D eigenvalue weighted by Gasteiger charge is -2.21. The molecule has 0 aromatic heterocycles. The van der Waals surface area contributed by atoms with Crippen LogP contribution in [0.5, 0.6) is 0 Å². The first kappa shape index (κ1) is 90.1. The zero-order valence-corrected chi connectivity index (χ0v) is 61.5. The SMILES string of the molecule is CCCCCCCCCCCCCCCCCCCCCCC(=O)O[C@H](COC(=O)CCCCCCCCCCCCCC)COP(=O)(O)OC[C@@H](O)COP(=O)(O)OC[C@@H](COC(=O)CCCCCCCCC(C)C)OC(=O)CCCCCCCCCCCCC. The van der Waals surface area contributed by atoms with Crippen molar-refractivity contribution < 1.29 is 80.2 Å². The summed E-state index contributed by atoms with van der Waals surface area (Å²) < 4.78 is 68.3. The van der Waals surface area contributed by atoms with Crippen molar-refractivity contribution in [1.29, 1.82) is 0 Å². The number of phosphoric ester groups is 2. The number of hydrogen-bond donors (Lipinski definition) is 3. The normalized spacial score (nSPS) is 14.0. The molecule has 0 fully saturated rings. The van der Waals surface area contributed by atoms with E-state index in [9.17, 15) is 43.2 Å². The van der Waals surface area contributed by atoms with Crippen LogP contribution in [-0.4, -0.2) is 96.7 Å². The lowest BCUT2D eigenvalue weighted by atomic mass is 10.0. The van der Waals surface area contributed by atoms with Crippen molar-refractivity contribution in [2.45, 2.75) is 400 Å². The van der Waals surface area contributed by atoms with E-state index in [-0.39, 0.29) is 25.7 Å². The summed E-state index contributed by atoms with van der Waals surface area (Å²) in [7, 11) is -9.90. The number of ether oxygens (including phenoxy) is 4. The molecule has 92 heavy (non-hydrogen) atoms. The summed E-state index contributed by atoms with van der Waals surface area (Å²) in [5, 5.41) is 10.6. The highest BCUT2D eigenvalue weighted by molar-refractivity contribution is 7.47. The van der Waals surface area contributed by atoms with Crippen LogP contribution in [0.15, 0.2) is 0 Å². The second kappa shape index (κ2) is 66.3. The number of unbranched alkanes of at least 4 members (excludes halogenated alkanes) is 45. The van der Waals surface area contributed by atoms with E-state index in [1.807, 2.05) is 0 Å². The molecule has 2 unspecified atom stereocenters. The van der Waals surface area contributed by atoms with Crippen molar-refractivity contribution in [2.75, 3.05) is 39.6 Å². The Hall–Kier alpha value is -1.94. The van der Waals surface area contributed by atoms with Crippen LogP contribution in [0.2, 0.25) is 0 Å². The zero-order chi connectivity index (χ0) is 67.7. The number of carbonyl (C=O) groups excluding carboxylic acids is 4. The van der Waals surface area contributed by atoms with Gasteiger partial charge in [0.1, 0.15) is 19.3 Å². The van der Waals surface area contributed by atoms with Gasteiger partial charge in [0.15, 0.2) is 12.2 Å². The van der Waals surface area contributed by atoms with Gasteiger partial charge in [-0.3, -0.25) is 37.3 Å². The first-order chi connectivity index (χ1) is 44.5. The van der Waals surface area contributed by atoms with Crippen LogP contribution < -0.4 is 0 Å². The van der Waals surface area contributed by atoms with Crippen molar-refractivity contribution in [3.8, 4) is 0 Å². The molecule has 3 N–H and O–H groups in total. The molecule has 0 saturated heterocycles. The Morgan fingerprint density at radius 2 is 0.500 bits per heavy atom. The monoisotopic (exact) mass is 1350 g/mol. The van der Waals surface area contributed by atoms with Crippen molar-refractivity contribution >= 4 is 39.5 Å². The predicted octanol–water partition coefficient (Wildman–Crippen LogP) is 21.3. The molecule has 0 saturated carbocycles. The highest BCUT2D eigenvalue weighted by atomic mass is 31.2. The van der Waals surface area contributed by atoms with Gasteiger partial charge < -0.3 is 33.8 Å². The van der Waals surface area contributed by atoms with Gasteiger partial charge in [-0.05, 0) is 31.6 Å². The fraction of sp³-hybridized carbons (Fsp3) is 0.945. The van der Waals surface area contributed by atoms with Gasteiger partial charge in [0, 0.05) is 25.7 Å². The molecule has 0 aliphatic heterocycles. The summed E-state index contributed by atoms with van der Waals surface area (Å²) in [6.45, 7) is 7.18. The van der Waals surface area contributed by atoms with E-state index in [4.69, 9.17) is 37.0 Å². The molecule has 0 bridgehead atoms. The molecule has 0 aliphatic carbocycles. The highest BCUT2D eigenvalue weighted by Crippen LogP contribution is 2.45. The lowest BCUT2D eigenvalue weighted by Crippen LogP contribution is -2.30. The maximum atomic E-state index is 13.0. The van der Waals surface area contributed by atoms with Crippen LogP contribution in [0.25, 0.3) is 0 Å². The summed E-state index contributed by atoms with van der Waals surface area (Å²) in [6, 6.07) is 0. The van der Waals surface area contributed by atoms with E-state index < -0.39 is 97.5 Å². The molecule has 0 aromatic carbocycles. The van der Waals surface area contributed by atoms with Crippen molar-refractivity contribution in [1.82, 2.24) is 0 Å². The van der Waals surface area contributed by atoms with Crippen LogP contribution >= 0.6 is 15.6 Å². The van der Waals surface area contributed by atoms with E-state index in [0.717, 1.165) is 96.3 Å². The maximum absolute atomic E-state index is 13.0. The van der Waals surface area contributed by atoms with E-state index in [1.54, 1.807) is 0 Å². The van der Waals surface area contributed by atoms with Gasteiger partial charge in [-0.15, -0.1) is 0 Å². The van der Waals surface area contributed by atoms with Gasteiger partial charge in [-0.2, -0.15) is 0 Å². The fourth-order valence-electron chi connectivity index (χ4n) is 11.2. The molecule has 17 nitrogen and oxygen atoms in total. The number of rotatable bonds is 73. The van der Waals surface area contributed by atoms with Crippen LogP contribution in [0, 0.1) is 5.92 Å². The number of esters is 4. The predicted molar refractivity (Wildman–Crippen MR) is 372 cm³/mol. The number of carbonyl (C=O) groups is 4. The van der Waals surface area contributed by atoms with Crippen LogP contribution in [0.3, 0.4) is 0 Å². The van der Waals surface area contributed by atoms with Crippen LogP contribution in [0.4, 0.5) is 0 Å². The first-order valence-corrected chi connectivity index (χ1v) is 41.1. The molecule has 0 radical (unpaired) electrons. The molecule has 0 aliphatic rings. The zero-order valence-electron chi connectivity index (χ0n) is 59.7. The largest absolute Gasteiger partial charge is 0.472 e. The minimum absolute atomic E-state index is 0.106.